The van der Waals surface area contributed by atoms with Gasteiger partial charge < -0.3 is 9.15 Å². The second kappa shape index (κ2) is 5.74. The number of allylic oxidation sites excluding steroid dienone is 1. The van der Waals surface area contributed by atoms with E-state index in [9.17, 15) is 9.59 Å². The van der Waals surface area contributed by atoms with Crippen molar-refractivity contribution in [1.29, 1.82) is 5.26 Å². The minimum atomic E-state index is -0.658. The molecule has 106 valence electrons. The number of ketones is 1. The van der Waals surface area contributed by atoms with E-state index in [0.29, 0.717) is 5.76 Å². The van der Waals surface area contributed by atoms with E-state index in [2.05, 4.69) is 4.74 Å². The second-order valence-electron chi connectivity index (χ2n) is 5.36. The minimum absolute atomic E-state index is 0.0114. The first-order chi connectivity index (χ1) is 9.20. The molecule has 5 heteroatoms. The van der Waals surface area contributed by atoms with Crippen LogP contribution < -0.4 is 0 Å². The van der Waals surface area contributed by atoms with Crippen molar-refractivity contribution in [3.63, 3.8) is 0 Å². The van der Waals surface area contributed by atoms with Crippen LogP contribution in [0.25, 0.3) is 6.08 Å². The van der Waals surface area contributed by atoms with E-state index in [1.165, 1.54) is 19.3 Å². The predicted molar refractivity (Wildman–Crippen MR) is 72.8 cm³/mol. The Hall–Kier alpha value is -2.35. The van der Waals surface area contributed by atoms with Crippen LogP contribution in [0.15, 0.2) is 16.1 Å². The van der Waals surface area contributed by atoms with Crippen LogP contribution in [0.4, 0.5) is 0 Å². The Labute approximate surface area is 117 Å². The first-order valence-corrected chi connectivity index (χ1v) is 6.06. The zero-order valence-electron chi connectivity index (χ0n) is 12.2. The third-order valence-corrected chi connectivity index (χ3v) is 2.68. The lowest BCUT2D eigenvalue weighted by Crippen LogP contribution is -2.21. The van der Waals surface area contributed by atoms with Crippen LogP contribution >= 0.6 is 0 Å². The zero-order valence-corrected chi connectivity index (χ0v) is 12.2. The molecule has 0 saturated heterocycles. The average molecular weight is 275 g/mol. The summed E-state index contributed by atoms with van der Waals surface area (Å²) in [5.74, 6) is -0.152. The summed E-state index contributed by atoms with van der Waals surface area (Å²) in [6.07, 6.45) is 1.34. The summed E-state index contributed by atoms with van der Waals surface area (Å²) in [6, 6.07) is 3.32. The maximum absolute atomic E-state index is 12.1. The summed E-state index contributed by atoms with van der Waals surface area (Å²) < 4.78 is 9.96. The molecule has 0 amide bonds. The van der Waals surface area contributed by atoms with E-state index in [-0.39, 0.29) is 22.7 Å². The van der Waals surface area contributed by atoms with E-state index < -0.39 is 11.4 Å². The number of Topliss-reactive ketones (excluding diaryl/α,β-unsaturated/α-hetero) is 1. The lowest BCUT2D eigenvalue weighted by molar-refractivity contribution is -0.121. The molecular formula is C15H17NO4. The van der Waals surface area contributed by atoms with Gasteiger partial charge in [0, 0.05) is 11.5 Å². The van der Waals surface area contributed by atoms with Gasteiger partial charge >= 0.3 is 5.97 Å². The van der Waals surface area contributed by atoms with Crippen LogP contribution in [0.3, 0.4) is 0 Å². The molecule has 0 spiro atoms. The molecule has 1 heterocycles. The fourth-order valence-corrected chi connectivity index (χ4v) is 1.58. The van der Waals surface area contributed by atoms with Gasteiger partial charge in [-0.15, -0.1) is 0 Å². The Morgan fingerprint density at radius 2 is 2.00 bits per heavy atom. The maximum atomic E-state index is 12.1. The van der Waals surface area contributed by atoms with E-state index in [4.69, 9.17) is 9.68 Å². The average Bonchev–Trinajstić information content (AvgIpc) is 2.74. The number of rotatable bonds is 3. The largest absolute Gasteiger partial charge is 0.465 e. The van der Waals surface area contributed by atoms with Gasteiger partial charge in [-0.05, 0) is 13.0 Å². The van der Waals surface area contributed by atoms with Crippen LogP contribution in [0.5, 0.6) is 0 Å². The number of nitriles is 1. The molecule has 1 rings (SSSR count). The summed E-state index contributed by atoms with van der Waals surface area (Å²) >= 11 is 0. The Kier molecular flexibility index (Phi) is 4.51. The van der Waals surface area contributed by atoms with E-state index in [1.54, 1.807) is 27.7 Å². The van der Waals surface area contributed by atoms with Crippen molar-refractivity contribution < 1.29 is 18.7 Å². The number of hydrogen-bond donors (Lipinski definition) is 0. The zero-order chi connectivity index (χ0) is 15.5. The Morgan fingerprint density at radius 1 is 1.40 bits per heavy atom. The van der Waals surface area contributed by atoms with Gasteiger partial charge in [-0.2, -0.15) is 5.26 Å². The van der Waals surface area contributed by atoms with Gasteiger partial charge in [0.05, 0.1) is 12.7 Å². The molecule has 0 radical (unpaired) electrons. The highest BCUT2D eigenvalue weighted by molar-refractivity contribution is 6.06. The van der Waals surface area contributed by atoms with Gasteiger partial charge in [-0.25, -0.2) is 4.79 Å². The van der Waals surface area contributed by atoms with Gasteiger partial charge in [-0.3, -0.25) is 4.79 Å². The Balaban J connectivity index is 3.19. The molecule has 0 bridgehead atoms. The van der Waals surface area contributed by atoms with Gasteiger partial charge in [0.2, 0.25) is 0 Å². The monoisotopic (exact) mass is 275 g/mol. The molecule has 0 fully saturated rings. The van der Waals surface area contributed by atoms with Crippen LogP contribution in [-0.4, -0.2) is 18.9 Å². The lowest BCUT2D eigenvalue weighted by atomic mass is 9.86. The van der Waals surface area contributed by atoms with Gasteiger partial charge in [0.1, 0.15) is 23.2 Å². The summed E-state index contributed by atoms with van der Waals surface area (Å²) in [7, 11) is 1.27. The van der Waals surface area contributed by atoms with Crippen molar-refractivity contribution in [2.24, 2.45) is 5.41 Å². The first-order valence-electron chi connectivity index (χ1n) is 6.06. The number of nitrogens with zero attached hydrogens (tertiary/aromatic N) is 1. The van der Waals surface area contributed by atoms with E-state index >= 15 is 0 Å². The smallest absolute Gasteiger partial charge is 0.341 e. The molecule has 1 aromatic heterocycles. The van der Waals surface area contributed by atoms with E-state index in [1.807, 2.05) is 6.07 Å². The molecule has 0 aliphatic carbocycles. The first kappa shape index (κ1) is 15.7. The number of methoxy groups -OCH3 is 1. The van der Waals surface area contributed by atoms with Crippen LogP contribution in [-0.2, 0) is 9.53 Å². The minimum Gasteiger partial charge on any atom is -0.465 e. The molecular weight excluding hydrogens is 258 g/mol. The number of esters is 1. The fourth-order valence-electron chi connectivity index (χ4n) is 1.58. The summed E-state index contributed by atoms with van der Waals surface area (Å²) in [5.41, 5.74) is -0.393. The molecule has 0 aliphatic heterocycles. The number of carbonyl (C=O) groups is 2. The molecule has 0 atom stereocenters. The molecule has 0 unspecified atom stereocenters. The molecule has 5 nitrogen and oxygen atoms in total. The quantitative estimate of drug-likeness (QED) is 0.481. The molecule has 0 aromatic carbocycles. The molecule has 1 aromatic rings. The SMILES string of the molecule is COC(=O)c1cc(C=C(C#N)C(=O)C(C)(C)C)oc1C. The van der Waals surface area contributed by atoms with Gasteiger partial charge in [-0.1, -0.05) is 20.8 Å². The highest BCUT2D eigenvalue weighted by Crippen LogP contribution is 2.23. The lowest BCUT2D eigenvalue weighted by Gasteiger charge is -2.15. The molecule has 0 aliphatic rings. The van der Waals surface area contributed by atoms with Crippen molar-refractivity contribution in [1.82, 2.24) is 0 Å². The summed E-state index contributed by atoms with van der Waals surface area (Å²) in [4.78, 5) is 23.5. The predicted octanol–water partition coefficient (Wildman–Crippen LogP) is 2.90. The third-order valence-electron chi connectivity index (χ3n) is 2.68. The van der Waals surface area contributed by atoms with Crippen molar-refractivity contribution >= 4 is 17.8 Å². The fraction of sp³-hybridized carbons (Fsp3) is 0.400. The van der Waals surface area contributed by atoms with Crippen molar-refractivity contribution in [3.8, 4) is 6.07 Å². The van der Waals surface area contributed by atoms with E-state index in [0.717, 1.165) is 0 Å². The Morgan fingerprint density at radius 3 is 2.45 bits per heavy atom. The number of furan rings is 1. The van der Waals surface area contributed by atoms with Crippen LogP contribution in [0, 0.1) is 23.7 Å². The van der Waals surface area contributed by atoms with Crippen molar-refractivity contribution in [2.75, 3.05) is 7.11 Å². The number of aryl methyl sites for hydroxylation is 1. The highest BCUT2D eigenvalue weighted by atomic mass is 16.5. The van der Waals surface area contributed by atoms with Crippen molar-refractivity contribution in [3.05, 3.63) is 28.7 Å². The summed E-state index contributed by atoms with van der Waals surface area (Å²) in [5, 5.41) is 9.08. The maximum Gasteiger partial charge on any atom is 0.341 e. The van der Waals surface area contributed by atoms with Crippen molar-refractivity contribution in [2.45, 2.75) is 27.7 Å². The second-order valence-corrected chi connectivity index (χ2v) is 5.36. The molecule has 0 N–H and O–H groups in total. The Bertz CT molecular complexity index is 609. The topological polar surface area (TPSA) is 80.3 Å². The molecule has 20 heavy (non-hydrogen) atoms. The standard InChI is InChI=1S/C15H17NO4/c1-9-12(14(18)19-5)7-11(20-9)6-10(8-16)13(17)15(2,3)4/h6-7H,1-5H3. The number of ether oxygens (including phenoxy) is 1. The third kappa shape index (κ3) is 3.35. The number of hydrogen-bond acceptors (Lipinski definition) is 5. The summed E-state index contributed by atoms with van der Waals surface area (Å²) in [6.45, 7) is 6.80. The highest BCUT2D eigenvalue weighted by Gasteiger charge is 2.25. The number of carbonyl (C=O) groups excluding carboxylic acids is 2. The van der Waals surface area contributed by atoms with Gasteiger partial charge in [0.25, 0.3) is 0 Å². The molecule has 0 saturated carbocycles. The van der Waals surface area contributed by atoms with Crippen LogP contribution in [0.1, 0.15) is 42.6 Å². The van der Waals surface area contributed by atoms with Gasteiger partial charge in [0.15, 0.2) is 5.78 Å². The van der Waals surface area contributed by atoms with Crippen LogP contribution in [0.2, 0.25) is 0 Å². The normalized spacial score (nSPS) is 11.9.